The molecule has 92 valence electrons. The largest absolute Gasteiger partial charge is 0.396 e. The summed E-state index contributed by atoms with van der Waals surface area (Å²) >= 11 is 0. The monoisotopic (exact) mass is 236 g/mol. The van der Waals surface area contributed by atoms with Gasteiger partial charge in [-0.15, -0.1) is 0 Å². The number of benzene rings is 1. The van der Waals surface area contributed by atoms with Crippen LogP contribution in [0.1, 0.15) is 18.1 Å². The SMILES string of the molecule is Cn1ncc2ccc(C(O)C(O)CCO)cc21. The van der Waals surface area contributed by atoms with Crippen molar-refractivity contribution in [1.29, 1.82) is 0 Å². The molecule has 17 heavy (non-hydrogen) atoms. The van der Waals surface area contributed by atoms with E-state index in [2.05, 4.69) is 5.10 Å². The van der Waals surface area contributed by atoms with Gasteiger partial charge in [0.05, 0.1) is 17.8 Å². The number of aliphatic hydroxyl groups excluding tert-OH is 3. The van der Waals surface area contributed by atoms with Crippen LogP contribution >= 0.6 is 0 Å². The van der Waals surface area contributed by atoms with Gasteiger partial charge in [-0.2, -0.15) is 5.10 Å². The van der Waals surface area contributed by atoms with E-state index >= 15 is 0 Å². The maximum Gasteiger partial charge on any atom is 0.105 e. The first-order valence-electron chi connectivity index (χ1n) is 5.52. The second-order valence-corrected chi connectivity index (χ2v) is 4.11. The molecule has 0 amide bonds. The van der Waals surface area contributed by atoms with E-state index in [0.717, 1.165) is 10.9 Å². The number of aliphatic hydroxyl groups is 3. The molecule has 0 saturated carbocycles. The highest BCUT2D eigenvalue weighted by molar-refractivity contribution is 5.79. The molecule has 0 fully saturated rings. The van der Waals surface area contributed by atoms with Gasteiger partial charge in [0, 0.05) is 19.0 Å². The van der Waals surface area contributed by atoms with Crippen LogP contribution in [0, 0.1) is 0 Å². The Kier molecular flexibility index (Phi) is 3.42. The Morgan fingerprint density at radius 1 is 1.35 bits per heavy atom. The minimum atomic E-state index is -0.985. The Balaban J connectivity index is 2.32. The first-order chi connectivity index (χ1) is 8.13. The molecule has 1 aromatic heterocycles. The van der Waals surface area contributed by atoms with Gasteiger partial charge in [-0.1, -0.05) is 12.1 Å². The van der Waals surface area contributed by atoms with E-state index in [9.17, 15) is 10.2 Å². The van der Waals surface area contributed by atoms with Crippen molar-refractivity contribution in [3.05, 3.63) is 30.0 Å². The van der Waals surface area contributed by atoms with Crippen molar-refractivity contribution in [2.45, 2.75) is 18.6 Å². The van der Waals surface area contributed by atoms with Gasteiger partial charge in [0.15, 0.2) is 0 Å². The summed E-state index contributed by atoms with van der Waals surface area (Å²) in [5, 5.41) is 33.4. The summed E-state index contributed by atoms with van der Waals surface area (Å²) in [4.78, 5) is 0. The molecular weight excluding hydrogens is 220 g/mol. The van der Waals surface area contributed by atoms with E-state index < -0.39 is 12.2 Å². The zero-order valence-electron chi connectivity index (χ0n) is 9.61. The molecule has 0 radical (unpaired) electrons. The molecule has 0 spiro atoms. The molecule has 2 aromatic rings. The number of hydrogen-bond acceptors (Lipinski definition) is 4. The predicted octanol–water partition coefficient (Wildman–Crippen LogP) is 0.350. The molecule has 2 unspecified atom stereocenters. The van der Waals surface area contributed by atoms with E-state index in [1.54, 1.807) is 23.0 Å². The van der Waals surface area contributed by atoms with Crippen molar-refractivity contribution < 1.29 is 15.3 Å². The van der Waals surface area contributed by atoms with Crippen LogP contribution in [0.25, 0.3) is 10.9 Å². The summed E-state index contributed by atoms with van der Waals surface area (Å²) in [6.45, 7) is -0.147. The van der Waals surface area contributed by atoms with Gasteiger partial charge < -0.3 is 15.3 Å². The number of hydrogen-bond donors (Lipinski definition) is 3. The second kappa shape index (κ2) is 4.83. The Bertz CT molecular complexity index is 509. The summed E-state index contributed by atoms with van der Waals surface area (Å²) in [7, 11) is 1.82. The van der Waals surface area contributed by atoms with Crippen LogP contribution in [-0.2, 0) is 7.05 Å². The van der Waals surface area contributed by atoms with Gasteiger partial charge in [0.1, 0.15) is 6.10 Å². The van der Waals surface area contributed by atoms with E-state index in [1.165, 1.54) is 0 Å². The molecule has 5 heteroatoms. The first-order valence-corrected chi connectivity index (χ1v) is 5.52. The van der Waals surface area contributed by atoms with E-state index in [0.29, 0.717) is 5.56 Å². The Labute approximate surface area is 98.9 Å². The first kappa shape index (κ1) is 12.0. The highest BCUT2D eigenvalue weighted by Crippen LogP contribution is 2.23. The average molecular weight is 236 g/mol. The third-order valence-electron chi connectivity index (χ3n) is 2.90. The zero-order valence-corrected chi connectivity index (χ0v) is 9.61. The van der Waals surface area contributed by atoms with Gasteiger partial charge in [-0.3, -0.25) is 4.68 Å². The van der Waals surface area contributed by atoms with Crippen molar-refractivity contribution in [3.8, 4) is 0 Å². The van der Waals surface area contributed by atoms with Crippen molar-refractivity contribution in [1.82, 2.24) is 9.78 Å². The standard InChI is InChI=1S/C12H16N2O3/c1-14-10-6-8(2-3-9(10)7-13-14)12(17)11(16)4-5-15/h2-3,6-7,11-12,15-17H,4-5H2,1H3. The highest BCUT2D eigenvalue weighted by Gasteiger charge is 2.18. The van der Waals surface area contributed by atoms with Crippen LogP contribution in [0.2, 0.25) is 0 Å². The van der Waals surface area contributed by atoms with Crippen LogP contribution in [-0.4, -0.2) is 37.8 Å². The Morgan fingerprint density at radius 3 is 2.82 bits per heavy atom. The number of fused-ring (bicyclic) bond motifs is 1. The molecule has 5 nitrogen and oxygen atoms in total. The van der Waals surface area contributed by atoms with Gasteiger partial charge in [0.2, 0.25) is 0 Å². The predicted molar refractivity (Wildman–Crippen MR) is 63.4 cm³/mol. The topological polar surface area (TPSA) is 78.5 Å². The summed E-state index contributed by atoms with van der Waals surface area (Å²) in [6, 6.07) is 5.41. The van der Waals surface area contributed by atoms with Gasteiger partial charge in [0.25, 0.3) is 0 Å². The van der Waals surface area contributed by atoms with Crippen molar-refractivity contribution in [3.63, 3.8) is 0 Å². The molecule has 0 aliphatic heterocycles. The Morgan fingerprint density at radius 2 is 2.12 bits per heavy atom. The minimum absolute atomic E-state index is 0.147. The lowest BCUT2D eigenvalue weighted by Crippen LogP contribution is -2.19. The van der Waals surface area contributed by atoms with Gasteiger partial charge in [-0.25, -0.2) is 0 Å². The summed E-state index contributed by atoms with van der Waals surface area (Å²) in [5.41, 5.74) is 1.53. The van der Waals surface area contributed by atoms with E-state index in [1.807, 2.05) is 13.1 Å². The van der Waals surface area contributed by atoms with Crippen LogP contribution in [0.5, 0.6) is 0 Å². The molecule has 0 aliphatic carbocycles. The van der Waals surface area contributed by atoms with Crippen molar-refractivity contribution >= 4 is 10.9 Å². The maximum absolute atomic E-state index is 9.92. The number of aryl methyl sites for hydroxylation is 1. The molecule has 0 aliphatic rings. The second-order valence-electron chi connectivity index (χ2n) is 4.11. The zero-order chi connectivity index (χ0) is 12.4. The number of aromatic nitrogens is 2. The molecule has 2 rings (SSSR count). The quantitative estimate of drug-likeness (QED) is 0.715. The summed E-state index contributed by atoms with van der Waals surface area (Å²) < 4.78 is 1.71. The molecule has 1 aromatic carbocycles. The third-order valence-corrected chi connectivity index (χ3v) is 2.90. The van der Waals surface area contributed by atoms with Gasteiger partial charge in [-0.05, 0) is 18.1 Å². The van der Waals surface area contributed by atoms with Crippen LogP contribution < -0.4 is 0 Å². The molecule has 0 saturated heterocycles. The summed E-state index contributed by atoms with van der Waals surface area (Å²) in [6.07, 6.45) is -0.0348. The maximum atomic E-state index is 9.92. The number of rotatable bonds is 4. The fraction of sp³-hybridized carbons (Fsp3) is 0.417. The Hall–Kier alpha value is -1.43. The average Bonchev–Trinajstić information content (AvgIpc) is 2.70. The fourth-order valence-electron chi connectivity index (χ4n) is 1.86. The van der Waals surface area contributed by atoms with Gasteiger partial charge >= 0.3 is 0 Å². The fourth-order valence-corrected chi connectivity index (χ4v) is 1.86. The smallest absolute Gasteiger partial charge is 0.105 e. The van der Waals surface area contributed by atoms with Crippen molar-refractivity contribution in [2.24, 2.45) is 7.05 Å². The molecule has 0 bridgehead atoms. The van der Waals surface area contributed by atoms with E-state index in [-0.39, 0.29) is 13.0 Å². The lowest BCUT2D eigenvalue weighted by molar-refractivity contribution is 0.00427. The van der Waals surface area contributed by atoms with Crippen molar-refractivity contribution in [2.75, 3.05) is 6.61 Å². The third kappa shape index (κ3) is 2.31. The molecule has 3 N–H and O–H groups in total. The molecule has 2 atom stereocenters. The van der Waals surface area contributed by atoms with Crippen LogP contribution in [0.3, 0.4) is 0 Å². The molecular formula is C12H16N2O3. The summed E-state index contributed by atoms with van der Waals surface area (Å²) in [5.74, 6) is 0. The minimum Gasteiger partial charge on any atom is -0.396 e. The number of nitrogens with zero attached hydrogens (tertiary/aromatic N) is 2. The lowest BCUT2D eigenvalue weighted by Gasteiger charge is -2.17. The lowest BCUT2D eigenvalue weighted by atomic mass is 10.0. The van der Waals surface area contributed by atoms with Crippen LogP contribution in [0.15, 0.2) is 24.4 Å². The highest BCUT2D eigenvalue weighted by atomic mass is 16.3. The van der Waals surface area contributed by atoms with E-state index in [4.69, 9.17) is 5.11 Å². The molecule has 1 heterocycles. The normalized spacial score (nSPS) is 15.1. The van der Waals surface area contributed by atoms with Crippen LogP contribution in [0.4, 0.5) is 0 Å².